The molecule has 0 radical (unpaired) electrons. The first-order valence-electron chi connectivity index (χ1n) is 12.5. The molecule has 0 saturated carbocycles. The number of nitrogens with one attached hydrogen (secondary N) is 2. The van der Waals surface area contributed by atoms with Crippen LogP contribution >= 0.6 is 11.6 Å². The molecule has 2 N–H and O–H groups in total. The van der Waals surface area contributed by atoms with Crippen molar-refractivity contribution >= 4 is 23.4 Å². The quantitative estimate of drug-likeness (QED) is 0.487. The second-order valence-electron chi connectivity index (χ2n) is 9.98. The molecule has 0 bridgehead atoms. The molecule has 1 aliphatic rings. The predicted molar refractivity (Wildman–Crippen MR) is 141 cm³/mol. The third-order valence-electron chi connectivity index (χ3n) is 6.32. The smallest absolute Gasteiger partial charge is 0.251 e. The fraction of sp³-hybridized carbons (Fsp3) is 0.500. The molecule has 1 aliphatic heterocycles. The van der Waals surface area contributed by atoms with E-state index in [2.05, 4.69) is 27.7 Å². The van der Waals surface area contributed by atoms with Gasteiger partial charge in [-0.2, -0.15) is 0 Å². The van der Waals surface area contributed by atoms with Crippen molar-refractivity contribution in [2.24, 2.45) is 11.8 Å². The molecule has 0 spiro atoms. The summed E-state index contributed by atoms with van der Waals surface area (Å²) in [6, 6.07) is 14.4. The van der Waals surface area contributed by atoms with Crippen LogP contribution in [-0.2, 0) is 11.3 Å². The van der Waals surface area contributed by atoms with Crippen molar-refractivity contribution in [3.05, 3.63) is 64.7 Å². The Morgan fingerprint density at radius 2 is 1.63 bits per heavy atom. The molecule has 2 aromatic rings. The molecule has 2 aromatic carbocycles. The minimum atomic E-state index is -0.584. The number of carbonyl (C=O) groups excluding carboxylic acids is 2. The number of ether oxygens (including phenoxy) is 1. The lowest BCUT2D eigenvalue weighted by Gasteiger charge is -2.32. The second kappa shape index (κ2) is 12.9. The molecule has 0 aromatic heterocycles. The van der Waals surface area contributed by atoms with Crippen LogP contribution in [0.1, 0.15) is 56.5 Å². The lowest BCUT2D eigenvalue weighted by molar-refractivity contribution is -0.124. The van der Waals surface area contributed by atoms with E-state index in [9.17, 15) is 9.59 Å². The monoisotopic (exact) mass is 499 g/mol. The SMILES string of the molecule is CC(C)Oc1ccc(C(=O)NC(C(=O)NCC2CCN(Cc3ccc(Cl)cc3)CC2)C(C)C)cc1. The maximum absolute atomic E-state index is 12.9. The van der Waals surface area contributed by atoms with Crippen molar-refractivity contribution in [2.75, 3.05) is 19.6 Å². The summed E-state index contributed by atoms with van der Waals surface area (Å²) in [5, 5.41) is 6.75. The number of carbonyl (C=O) groups is 2. The van der Waals surface area contributed by atoms with Gasteiger partial charge in [-0.3, -0.25) is 14.5 Å². The molecule has 7 heteroatoms. The zero-order chi connectivity index (χ0) is 25.4. The Balaban J connectivity index is 1.45. The molecule has 190 valence electrons. The summed E-state index contributed by atoms with van der Waals surface area (Å²) in [6.45, 7) is 11.4. The van der Waals surface area contributed by atoms with Crippen molar-refractivity contribution in [2.45, 2.75) is 59.2 Å². The number of benzene rings is 2. The average Bonchev–Trinajstić information content (AvgIpc) is 2.83. The van der Waals surface area contributed by atoms with Crippen molar-refractivity contribution in [3.63, 3.8) is 0 Å². The number of piperidine rings is 1. The first-order valence-corrected chi connectivity index (χ1v) is 12.9. The number of likely N-dealkylation sites (tertiary alicyclic amines) is 1. The molecule has 1 atom stereocenters. The van der Waals surface area contributed by atoms with Crippen LogP contribution in [0.4, 0.5) is 0 Å². The molecule has 1 unspecified atom stereocenters. The van der Waals surface area contributed by atoms with E-state index >= 15 is 0 Å². The fourth-order valence-electron chi connectivity index (χ4n) is 4.27. The maximum atomic E-state index is 12.9. The van der Waals surface area contributed by atoms with E-state index in [0.29, 0.717) is 23.8 Å². The van der Waals surface area contributed by atoms with Crippen molar-refractivity contribution < 1.29 is 14.3 Å². The van der Waals surface area contributed by atoms with E-state index in [0.717, 1.165) is 37.5 Å². The Hall–Kier alpha value is -2.57. The van der Waals surface area contributed by atoms with Gasteiger partial charge in [0.15, 0.2) is 0 Å². The number of rotatable bonds is 10. The van der Waals surface area contributed by atoms with Crippen molar-refractivity contribution in [3.8, 4) is 5.75 Å². The Kier molecular flexibility index (Phi) is 9.99. The summed E-state index contributed by atoms with van der Waals surface area (Å²) in [5.74, 6) is 0.747. The van der Waals surface area contributed by atoms with Gasteiger partial charge < -0.3 is 15.4 Å². The molecular formula is C28H38ClN3O3. The van der Waals surface area contributed by atoms with E-state index in [1.165, 1.54) is 5.56 Å². The van der Waals surface area contributed by atoms with Crippen LogP contribution in [0.3, 0.4) is 0 Å². The van der Waals surface area contributed by atoms with E-state index < -0.39 is 6.04 Å². The van der Waals surface area contributed by atoms with Gasteiger partial charge in [0.1, 0.15) is 11.8 Å². The molecule has 1 fully saturated rings. The highest BCUT2D eigenvalue weighted by Gasteiger charge is 2.26. The van der Waals surface area contributed by atoms with Crippen molar-refractivity contribution in [1.29, 1.82) is 0 Å². The van der Waals surface area contributed by atoms with Gasteiger partial charge in [0, 0.05) is 23.7 Å². The number of halogens is 1. The first-order chi connectivity index (χ1) is 16.7. The number of hydrogen-bond acceptors (Lipinski definition) is 4. The van der Waals surface area contributed by atoms with Crippen LogP contribution in [0.2, 0.25) is 5.02 Å². The van der Waals surface area contributed by atoms with Gasteiger partial charge in [0.25, 0.3) is 5.91 Å². The van der Waals surface area contributed by atoms with Crippen LogP contribution in [0.5, 0.6) is 5.75 Å². The third-order valence-corrected chi connectivity index (χ3v) is 6.57. The number of nitrogens with zero attached hydrogens (tertiary/aromatic N) is 1. The van der Waals surface area contributed by atoms with Gasteiger partial charge >= 0.3 is 0 Å². The summed E-state index contributed by atoms with van der Waals surface area (Å²) < 4.78 is 5.63. The Labute approximate surface area is 214 Å². The Bertz CT molecular complexity index is 952. The minimum Gasteiger partial charge on any atom is -0.491 e. The number of amides is 2. The molecule has 2 amide bonds. The van der Waals surface area contributed by atoms with Crippen LogP contribution in [0.15, 0.2) is 48.5 Å². The Morgan fingerprint density at radius 1 is 1.00 bits per heavy atom. The first kappa shape index (κ1) is 27.0. The standard InChI is InChI=1S/C28H38ClN3O3/c1-19(2)26(31-27(33)23-7-11-25(12-8-23)35-20(3)4)28(34)30-17-21-13-15-32(16-14-21)18-22-5-9-24(29)10-6-22/h5-12,19-21,26H,13-18H2,1-4H3,(H,30,34)(H,31,33). The molecule has 3 rings (SSSR count). The van der Waals surface area contributed by atoms with Crippen LogP contribution in [0, 0.1) is 11.8 Å². The van der Waals surface area contributed by atoms with E-state index in [1.54, 1.807) is 24.3 Å². The minimum absolute atomic E-state index is 0.0243. The highest BCUT2D eigenvalue weighted by molar-refractivity contribution is 6.30. The second-order valence-corrected chi connectivity index (χ2v) is 10.4. The Morgan fingerprint density at radius 3 is 2.20 bits per heavy atom. The van der Waals surface area contributed by atoms with Crippen molar-refractivity contribution in [1.82, 2.24) is 15.5 Å². The molecule has 35 heavy (non-hydrogen) atoms. The zero-order valence-electron chi connectivity index (χ0n) is 21.2. The van der Waals surface area contributed by atoms with Gasteiger partial charge in [-0.05, 0) is 93.6 Å². The van der Waals surface area contributed by atoms with Crippen LogP contribution in [0.25, 0.3) is 0 Å². The fourth-order valence-corrected chi connectivity index (χ4v) is 4.39. The zero-order valence-corrected chi connectivity index (χ0v) is 22.0. The van der Waals surface area contributed by atoms with Gasteiger partial charge in [-0.1, -0.05) is 37.6 Å². The summed E-state index contributed by atoms with van der Waals surface area (Å²) in [4.78, 5) is 28.1. The van der Waals surface area contributed by atoms with E-state index in [1.807, 2.05) is 39.8 Å². The van der Waals surface area contributed by atoms with E-state index in [-0.39, 0.29) is 23.8 Å². The van der Waals surface area contributed by atoms with Gasteiger partial charge in [0.2, 0.25) is 5.91 Å². The molecule has 0 aliphatic carbocycles. The molecule has 1 saturated heterocycles. The average molecular weight is 500 g/mol. The lowest BCUT2D eigenvalue weighted by Crippen LogP contribution is -2.51. The molecule has 6 nitrogen and oxygen atoms in total. The maximum Gasteiger partial charge on any atom is 0.251 e. The summed E-state index contributed by atoms with van der Waals surface area (Å²) >= 11 is 5.98. The summed E-state index contributed by atoms with van der Waals surface area (Å²) in [6.07, 6.45) is 2.15. The van der Waals surface area contributed by atoms with Gasteiger partial charge in [-0.25, -0.2) is 0 Å². The van der Waals surface area contributed by atoms with Crippen LogP contribution in [-0.4, -0.2) is 48.5 Å². The molecule has 1 heterocycles. The normalized spacial score (nSPS) is 15.7. The topological polar surface area (TPSA) is 70.7 Å². The lowest BCUT2D eigenvalue weighted by atomic mass is 9.95. The third kappa shape index (κ3) is 8.55. The summed E-state index contributed by atoms with van der Waals surface area (Å²) in [7, 11) is 0. The highest BCUT2D eigenvalue weighted by Crippen LogP contribution is 2.20. The van der Waals surface area contributed by atoms with Gasteiger partial charge in [-0.15, -0.1) is 0 Å². The summed E-state index contributed by atoms with van der Waals surface area (Å²) in [5.41, 5.74) is 1.77. The predicted octanol–water partition coefficient (Wildman–Crippen LogP) is 4.91. The largest absolute Gasteiger partial charge is 0.491 e. The molecular weight excluding hydrogens is 462 g/mol. The van der Waals surface area contributed by atoms with Gasteiger partial charge in [0.05, 0.1) is 6.10 Å². The van der Waals surface area contributed by atoms with Crippen LogP contribution < -0.4 is 15.4 Å². The number of hydrogen-bond donors (Lipinski definition) is 2. The van der Waals surface area contributed by atoms with E-state index in [4.69, 9.17) is 16.3 Å². The highest BCUT2D eigenvalue weighted by atomic mass is 35.5.